The van der Waals surface area contributed by atoms with Crippen LogP contribution >= 0.6 is 27.3 Å². The average molecular weight is 359 g/mol. The molecular weight excluding hydrogens is 352 g/mol. The van der Waals surface area contributed by atoms with E-state index in [1.165, 1.54) is 24.3 Å². The molecule has 0 unspecified atom stereocenters. The summed E-state index contributed by atoms with van der Waals surface area (Å²) in [4.78, 5) is 0.304. The molecule has 0 fully saturated rings. The number of aromatic hydroxyl groups is 1. The van der Waals surface area contributed by atoms with Crippen LogP contribution in [0.1, 0.15) is 4.88 Å². The molecule has 0 atom stereocenters. The Labute approximate surface area is 122 Å². The first-order valence-electron chi connectivity index (χ1n) is 4.93. The minimum atomic E-state index is -3.81. The quantitative estimate of drug-likeness (QED) is 0.825. The number of halogens is 1. The number of nitrogens with zero attached hydrogens (tertiary/aromatic N) is 1. The zero-order valence-electron chi connectivity index (χ0n) is 9.29. The van der Waals surface area contributed by atoms with Gasteiger partial charge in [0, 0.05) is 4.47 Å². The molecule has 0 saturated carbocycles. The lowest BCUT2D eigenvalue weighted by molar-refractivity contribution is 0.477. The summed E-state index contributed by atoms with van der Waals surface area (Å²) in [6, 6.07) is 9.06. The van der Waals surface area contributed by atoms with Crippen LogP contribution in [0.5, 0.6) is 5.75 Å². The molecule has 1 aromatic heterocycles. The van der Waals surface area contributed by atoms with E-state index < -0.39 is 10.0 Å². The number of rotatable bonds is 3. The van der Waals surface area contributed by atoms with Gasteiger partial charge in [-0.2, -0.15) is 5.26 Å². The van der Waals surface area contributed by atoms with Gasteiger partial charge in [-0.15, -0.1) is 11.3 Å². The van der Waals surface area contributed by atoms with Crippen molar-refractivity contribution in [3.8, 4) is 11.8 Å². The minimum Gasteiger partial charge on any atom is -0.506 e. The molecular formula is C11H7BrN2O3S2. The molecule has 1 aromatic carbocycles. The maximum absolute atomic E-state index is 12.1. The summed E-state index contributed by atoms with van der Waals surface area (Å²) in [6.07, 6.45) is 0. The summed E-state index contributed by atoms with van der Waals surface area (Å²) in [7, 11) is -3.81. The van der Waals surface area contributed by atoms with Crippen molar-refractivity contribution in [1.29, 1.82) is 5.26 Å². The Balaban J connectivity index is 2.36. The van der Waals surface area contributed by atoms with Gasteiger partial charge in [-0.1, -0.05) is 15.9 Å². The summed E-state index contributed by atoms with van der Waals surface area (Å²) in [5, 5.41) is 18.3. The molecule has 0 radical (unpaired) electrons. The molecule has 0 spiro atoms. The molecule has 19 heavy (non-hydrogen) atoms. The lowest BCUT2D eigenvalue weighted by Gasteiger charge is -2.08. The summed E-state index contributed by atoms with van der Waals surface area (Å²) < 4.78 is 27.0. The highest BCUT2D eigenvalue weighted by Gasteiger charge is 2.18. The van der Waals surface area contributed by atoms with Crippen molar-refractivity contribution in [2.45, 2.75) is 4.21 Å². The number of phenols is 1. The summed E-state index contributed by atoms with van der Waals surface area (Å²) in [5.41, 5.74) is 0.0706. The van der Waals surface area contributed by atoms with Gasteiger partial charge < -0.3 is 5.11 Å². The number of thiophene rings is 1. The second kappa shape index (κ2) is 5.21. The fraction of sp³-hybridized carbons (Fsp3) is 0. The maximum atomic E-state index is 12.1. The normalized spacial score (nSPS) is 10.9. The third kappa shape index (κ3) is 3.07. The van der Waals surface area contributed by atoms with Crippen LogP contribution in [0.3, 0.4) is 0 Å². The van der Waals surface area contributed by atoms with Crippen molar-refractivity contribution in [2.24, 2.45) is 0 Å². The zero-order chi connectivity index (χ0) is 14.0. The number of benzene rings is 1. The highest BCUT2D eigenvalue weighted by atomic mass is 79.9. The fourth-order valence-corrected chi connectivity index (χ4v) is 3.84. The van der Waals surface area contributed by atoms with E-state index in [1.807, 2.05) is 6.07 Å². The Kier molecular flexibility index (Phi) is 3.80. The van der Waals surface area contributed by atoms with Crippen LogP contribution in [0.2, 0.25) is 0 Å². The second-order valence-electron chi connectivity index (χ2n) is 3.50. The van der Waals surface area contributed by atoms with E-state index in [9.17, 15) is 13.5 Å². The van der Waals surface area contributed by atoms with Crippen molar-refractivity contribution in [2.75, 3.05) is 4.72 Å². The lowest BCUT2D eigenvalue weighted by Crippen LogP contribution is -2.11. The molecule has 0 aliphatic rings. The summed E-state index contributed by atoms with van der Waals surface area (Å²) >= 11 is 4.05. The molecule has 5 nitrogen and oxygen atoms in total. The van der Waals surface area contributed by atoms with Gasteiger partial charge in [0.1, 0.15) is 20.9 Å². The molecule has 2 aromatic rings. The van der Waals surface area contributed by atoms with Gasteiger partial charge >= 0.3 is 0 Å². The predicted molar refractivity (Wildman–Crippen MR) is 75.6 cm³/mol. The first-order chi connectivity index (χ1) is 8.92. The Morgan fingerprint density at radius 1 is 1.32 bits per heavy atom. The zero-order valence-corrected chi connectivity index (χ0v) is 12.5. The number of phenolic OH excluding ortho intramolecular Hbond substituents is 1. The first kappa shape index (κ1) is 13.9. The third-order valence-corrected chi connectivity index (χ3v) is 5.50. The van der Waals surface area contributed by atoms with Crippen LogP contribution in [-0.4, -0.2) is 13.5 Å². The third-order valence-electron chi connectivity index (χ3n) is 2.16. The molecule has 1 heterocycles. The molecule has 0 amide bonds. The van der Waals surface area contributed by atoms with Crippen molar-refractivity contribution in [3.63, 3.8) is 0 Å². The van der Waals surface area contributed by atoms with E-state index >= 15 is 0 Å². The molecule has 2 rings (SSSR count). The monoisotopic (exact) mass is 358 g/mol. The average Bonchev–Trinajstić information content (AvgIpc) is 2.83. The van der Waals surface area contributed by atoms with E-state index in [-0.39, 0.29) is 15.6 Å². The van der Waals surface area contributed by atoms with Crippen LogP contribution in [0.4, 0.5) is 5.69 Å². The Morgan fingerprint density at radius 3 is 2.68 bits per heavy atom. The van der Waals surface area contributed by atoms with Crippen LogP contribution < -0.4 is 4.72 Å². The molecule has 2 N–H and O–H groups in total. The van der Waals surface area contributed by atoms with E-state index in [2.05, 4.69) is 20.7 Å². The minimum absolute atomic E-state index is 0.0171. The van der Waals surface area contributed by atoms with Crippen LogP contribution in [0.25, 0.3) is 0 Å². The smallest absolute Gasteiger partial charge is 0.271 e. The molecule has 0 bridgehead atoms. The van der Waals surface area contributed by atoms with Crippen molar-refractivity contribution in [1.82, 2.24) is 0 Å². The van der Waals surface area contributed by atoms with Gasteiger partial charge in [0.2, 0.25) is 0 Å². The number of nitriles is 1. The summed E-state index contributed by atoms with van der Waals surface area (Å²) in [5.74, 6) is -0.177. The van der Waals surface area contributed by atoms with Gasteiger partial charge in [-0.25, -0.2) is 8.42 Å². The molecule has 0 saturated heterocycles. The Bertz CT molecular complexity index is 762. The van der Waals surface area contributed by atoms with E-state index in [0.29, 0.717) is 9.35 Å². The molecule has 8 heteroatoms. The number of hydrogen-bond acceptors (Lipinski definition) is 5. The summed E-state index contributed by atoms with van der Waals surface area (Å²) in [6.45, 7) is 0. The van der Waals surface area contributed by atoms with E-state index in [4.69, 9.17) is 5.26 Å². The Hall–Kier alpha value is -1.56. The van der Waals surface area contributed by atoms with Crippen LogP contribution in [-0.2, 0) is 10.0 Å². The van der Waals surface area contributed by atoms with Gasteiger partial charge in [0.15, 0.2) is 0 Å². The van der Waals surface area contributed by atoms with Gasteiger partial charge in [-0.3, -0.25) is 4.72 Å². The lowest BCUT2D eigenvalue weighted by atomic mass is 10.3. The SMILES string of the molecule is N#Cc1ccc(S(=O)(=O)Nc2cc(Br)ccc2O)s1. The standard InChI is InChI=1S/C11H7BrN2O3S2/c12-7-1-3-10(15)9(5-7)14-19(16,17)11-4-2-8(6-13)18-11/h1-5,14-15H. The number of hydrogen-bond donors (Lipinski definition) is 2. The largest absolute Gasteiger partial charge is 0.506 e. The number of sulfonamides is 1. The molecule has 98 valence electrons. The molecule has 0 aliphatic heterocycles. The Morgan fingerprint density at radius 2 is 2.05 bits per heavy atom. The van der Waals surface area contributed by atoms with Gasteiger partial charge in [0.05, 0.1) is 5.69 Å². The first-order valence-corrected chi connectivity index (χ1v) is 8.03. The van der Waals surface area contributed by atoms with E-state index in [0.717, 1.165) is 11.3 Å². The topological polar surface area (TPSA) is 90.2 Å². The van der Waals surface area contributed by atoms with Crippen molar-refractivity contribution in [3.05, 3.63) is 39.7 Å². The highest BCUT2D eigenvalue weighted by Crippen LogP contribution is 2.30. The van der Waals surface area contributed by atoms with Gasteiger partial charge in [0.25, 0.3) is 10.0 Å². The van der Waals surface area contributed by atoms with Crippen molar-refractivity contribution < 1.29 is 13.5 Å². The maximum Gasteiger partial charge on any atom is 0.271 e. The second-order valence-corrected chi connectivity index (χ2v) is 7.41. The molecule has 0 aliphatic carbocycles. The van der Waals surface area contributed by atoms with Crippen LogP contribution in [0.15, 0.2) is 39.0 Å². The fourth-order valence-electron chi connectivity index (χ4n) is 1.31. The number of anilines is 1. The predicted octanol–water partition coefficient (Wildman–Crippen LogP) is 2.89. The number of nitrogens with one attached hydrogen (secondary N) is 1. The van der Waals surface area contributed by atoms with Gasteiger partial charge in [-0.05, 0) is 30.3 Å². The van der Waals surface area contributed by atoms with E-state index in [1.54, 1.807) is 6.07 Å². The van der Waals surface area contributed by atoms with Crippen molar-refractivity contribution >= 4 is 43.0 Å². The highest BCUT2D eigenvalue weighted by molar-refractivity contribution is 9.10. The van der Waals surface area contributed by atoms with Crippen LogP contribution in [0, 0.1) is 11.3 Å².